The molecule has 0 saturated heterocycles. The standard InChI is InChI=1S/C22H35N5O2/c1-7-28-20-10-9-18(15-21(20)29-8-2)11-13-24-22(23-5)25-14-12-19-16(3)26-27(6)17(19)4/h9-10,15H,7-8,11-14H2,1-6H3,(H2,23,24,25). The fourth-order valence-electron chi connectivity index (χ4n) is 3.28. The number of ether oxygens (including phenoxy) is 2. The van der Waals surface area contributed by atoms with Gasteiger partial charge in [0.2, 0.25) is 0 Å². The van der Waals surface area contributed by atoms with E-state index in [0.29, 0.717) is 13.2 Å². The molecule has 7 nitrogen and oxygen atoms in total. The van der Waals surface area contributed by atoms with Crippen molar-refractivity contribution < 1.29 is 9.47 Å². The van der Waals surface area contributed by atoms with Crippen LogP contribution in [0.4, 0.5) is 0 Å². The van der Waals surface area contributed by atoms with E-state index in [-0.39, 0.29) is 0 Å². The van der Waals surface area contributed by atoms with Crippen LogP contribution < -0.4 is 20.1 Å². The van der Waals surface area contributed by atoms with Gasteiger partial charge in [-0.15, -0.1) is 0 Å². The summed E-state index contributed by atoms with van der Waals surface area (Å²) in [5, 5.41) is 11.2. The molecule has 0 fully saturated rings. The van der Waals surface area contributed by atoms with Crippen LogP contribution in [-0.2, 0) is 19.9 Å². The first-order valence-corrected chi connectivity index (χ1v) is 10.3. The van der Waals surface area contributed by atoms with Crippen molar-refractivity contribution in [2.24, 2.45) is 12.0 Å². The van der Waals surface area contributed by atoms with E-state index >= 15 is 0 Å². The Bertz CT molecular complexity index is 814. The lowest BCUT2D eigenvalue weighted by Gasteiger charge is -2.14. The Morgan fingerprint density at radius 2 is 1.69 bits per heavy atom. The van der Waals surface area contributed by atoms with Gasteiger partial charge in [-0.05, 0) is 63.8 Å². The van der Waals surface area contributed by atoms with Crippen LogP contribution in [0.3, 0.4) is 0 Å². The third-order valence-electron chi connectivity index (χ3n) is 4.86. The van der Waals surface area contributed by atoms with E-state index in [9.17, 15) is 0 Å². The molecule has 0 amide bonds. The fraction of sp³-hybridized carbons (Fsp3) is 0.545. The number of benzene rings is 1. The molecule has 0 spiro atoms. The van der Waals surface area contributed by atoms with Crippen LogP contribution in [0.5, 0.6) is 11.5 Å². The molecule has 7 heteroatoms. The van der Waals surface area contributed by atoms with Crippen molar-refractivity contribution in [3.63, 3.8) is 0 Å². The number of hydrogen-bond donors (Lipinski definition) is 2. The highest BCUT2D eigenvalue weighted by Gasteiger charge is 2.09. The minimum Gasteiger partial charge on any atom is -0.490 e. The molecule has 1 aromatic heterocycles. The predicted octanol–water partition coefficient (Wildman–Crippen LogP) is 2.78. The quantitative estimate of drug-likeness (QED) is 0.473. The maximum absolute atomic E-state index is 5.71. The van der Waals surface area contributed by atoms with Crippen LogP contribution in [0.1, 0.15) is 36.4 Å². The van der Waals surface area contributed by atoms with Crippen LogP contribution in [0.15, 0.2) is 23.2 Å². The van der Waals surface area contributed by atoms with E-state index in [1.807, 2.05) is 31.6 Å². The van der Waals surface area contributed by atoms with Gasteiger partial charge < -0.3 is 20.1 Å². The highest BCUT2D eigenvalue weighted by Crippen LogP contribution is 2.28. The molecule has 0 aliphatic rings. The summed E-state index contributed by atoms with van der Waals surface area (Å²) in [4.78, 5) is 4.31. The highest BCUT2D eigenvalue weighted by atomic mass is 16.5. The second kappa shape index (κ2) is 11.3. The summed E-state index contributed by atoms with van der Waals surface area (Å²) < 4.78 is 13.3. The van der Waals surface area contributed by atoms with Gasteiger partial charge in [0.15, 0.2) is 17.5 Å². The van der Waals surface area contributed by atoms with Crippen molar-refractivity contribution in [1.82, 2.24) is 20.4 Å². The van der Waals surface area contributed by atoms with Crippen molar-refractivity contribution in [3.8, 4) is 11.5 Å². The first-order chi connectivity index (χ1) is 14.0. The van der Waals surface area contributed by atoms with Crippen LogP contribution in [0.25, 0.3) is 0 Å². The predicted molar refractivity (Wildman–Crippen MR) is 118 cm³/mol. The van der Waals surface area contributed by atoms with Gasteiger partial charge in [0.25, 0.3) is 0 Å². The van der Waals surface area contributed by atoms with E-state index in [4.69, 9.17) is 9.47 Å². The number of aromatic nitrogens is 2. The van der Waals surface area contributed by atoms with E-state index < -0.39 is 0 Å². The summed E-state index contributed by atoms with van der Waals surface area (Å²) >= 11 is 0. The molecule has 1 aromatic carbocycles. The number of hydrogen-bond acceptors (Lipinski definition) is 4. The van der Waals surface area contributed by atoms with Crippen molar-refractivity contribution in [3.05, 3.63) is 40.7 Å². The summed E-state index contributed by atoms with van der Waals surface area (Å²) in [6.07, 6.45) is 1.79. The molecule has 0 bridgehead atoms. The molecule has 0 radical (unpaired) electrons. The molecule has 1 heterocycles. The molecule has 160 valence electrons. The second-order valence-corrected chi connectivity index (χ2v) is 6.85. The number of nitrogens with one attached hydrogen (secondary N) is 2. The minimum absolute atomic E-state index is 0.619. The molecule has 0 aliphatic carbocycles. The largest absolute Gasteiger partial charge is 0.490 e. The zero-order valence-electron chi connectivity index (χ0n) is 18.6. The fourth-order valence-corrected chi connectivity index (χ4v) is 3.28. The Labute approximate surface area is 174 Å². The van der Waals surface area contributed by atoms with E-state index in [1.165, 1.54) is 16.8 Å². The number of aliphatic imine (C=N–C) groups is 1. The second-order valence-electron chi connectivity index (χ2n) is 6.85. The Hall–Kier alpha value is -2.70. The van der Waals surface area contributed by atoms with Gasteiger partial charge in [0.05, 0.1) is 18.9 Å². The minimum atomic E-state index is 0.619. The van der Waals surface area contributed by atoms with E-state index in [2.05, 4.69) is 46.7 Å². The summed E-state index contributed by atoms with van der Waals surface area (Å²) in [5.74, 6) is 2.40. The molecule has 0 unspecified atom stereocenters. The summed E-state index contributed by atoms with van der Waals surface area (Å²) in [7, 11) is 3.78. The molecule has 29 heavy (non-hydrogen) atoms. The molecule has 2 rings (SSSR count). The molecule has 2 N–H and O–H groups in total. The van der Waals surface area contributed by atoms with E-state index in [1.54, 1.807) is 7.05 Å². The maximum Gasteiger partial charge on any atom is 0.190 e. The topological polar surface area (TPSA) is 72.7 Å². The Morgan fingerprint density at radius 3 is 2.28 bits per heavy atom. The number of aryl methyl sites for hydroxylation is 2. The van der Waals surface area contributed by atoms with Crippen LogP contribution in [0, 0.1) is 13.8 Å². The first kappa shape index (κ1) is 22.6. The molecule has 2 aromatic rings. The molecule has 0 atom stereocenters. The van der Waals surface area contributed by atoms with Gasteiger partial charge in [-0.3, -0.25) is 9.67 Å². The third-order valence-corrected chi connectivity index (χ3v) is 4.86. The summed E-state index contributed by atoms with van der Waals surface area (Å²) in [6.45, 7) is 11.0. The SMILES string of the molecule is CCOc1ccc(CCNC(=NC)NCCc2c(C)nn(C)c2C)cc1OCC. The number of rotatable bonds is 10. The third kappa shape index (κ3) is 6.41. The average Bonchev–Trinajstić information content (AvgIpc) is 2.94. The first-order valence-electron chi connectivity index (χ1n) is 10.3. The summed E-state index contributed by atoms with van der Waals surface area (Å²) in [6, 6.07) is 6.12. The monoisotopic (exact) mass is 401 g/mol. The van der Waals surface area contributed by atoms with Crippen molar-refractivity contribution in [2.75, 3.05) is 33.4 Å². The van der Waals surface area contributed by atoms with Gasteiger partial charge in [-0.1, -0.05) is 6.07 Å². The Kier molecular flexibility index (Phi) is 8.83. The number of guanidine groups is 1. The van der Waals surface area contributed by atoms with Crippen molar-refractivity contribution >= 4 is 5.96 Å². The highest BCUT2D eigenvalue weighted by molar-refractivity contribution is 5.79. The molecular weight excluding hydrogens is 366 g/mol. The summed E-state index contributed by atoms with van der Waals surface area (Å²) in [5.41, 5.74) is 4.80. The van der Waals surface area contributed by atoms with Gasteiger partial charge >= 0.3 is 0 Å². The zero-order valence-corrected chi connectivity index (χ0v) is 18.6. The normalized spacial score (nSPS) is 11.4. The number of nitrogens with zero attached hydrogens (tertiary/aromatic N) is 3. The average molecular weight is 402 g/mol. The van der Waals surface area contributed by atoms with Gasteiger partial charge in [0, 0.05) is 32.9 Å². The molecular formula is C22H35N5O2. The zero-order chi connectivity index (χ0) is 21.2. The Morgan fingerprint density at radius 1 is 1.03 bits per heavy atom. The maximum atomic E-state index is 5.71. The van der Waals surface area contributed by atoms with Gasteiger partial charge in [-0.2, -0.15) is 5.10 Å². The van der Waals surface area contributed by atoms with Crippen LogP contribution in [-0.4, -0.2) is 49.1 Å². The van der Waals surface area contributed by atoms with Gasteiger partial charge in [-0.25, -0.2) is 0 Å². The lowest BCUT2D eigenvalue weighted by atomic mass is 10.1. The van der Waals surface area contributed by atoms with Crippen molar-refractivity contribution in [1.29, 1.82) is 0 Å². The smallest absolute Gasteiger partial charge is 0.190 e. The van der Waals surface area contributed by atoms with Crippen LogP contribution in [0.2, 0.25) is 0 Å². The molecule has 0 aliphatic heterocycles. The molecule has 0 saturated carbocycles. The van der Waals surface area contributed by atoms with Gasteiger partial charge in [0.1, 0.15) is 0 Å². The van der Waals surface area contributed by atoms with Crippen molar-refractivity contribution in [2.45, 2.75) is 40.5 Å². The van der Waals surface area contributed by atoms with Crippen LogP contribution >= 0.6 is 0 Å². The van der Waals surface area contributed by atoms with E-state index in [0.717, 1.165) is 49.1 Å². The Balaban J connectivity index is 1.82. The lowest BCUT2D eigenvalue weighted by Crippen LogP contribution is -2.39. The lowest BCUT2D eigenvalue weighted by molar-refractivity contribution is 0.287.